The van der Waals surface area contributed by atoms with Gasteiger partial charge in [-0.3, -0.25) is 4.79 Å². The normalized spacial score (nSPS) is 16.2. The highest BCUT2D eigenvalue weighted by Crippen LogP contribution is 2.38. The number of piperidine rings is 1. The number of alkyl halides is 2. The van der Waals surface area contributed by atoms with Gasteiger partial charge in [0.1, 0.15) is 0 Å². The standard InChI is InChI=1S/C21H18ClF2N3O3S2/c22-15-5-1-13(2-6-15)17-18(14-3-7-16(8-4-14)32(25,29)30)31-19(26-17)20(28)27-11-9-21(23,24)10-12-27/h1-8H,9-12H2,(H2,25,29,30). The SMILES string of the molecule is NS(=O)(=O)c1ccc(-c2sc(C(=O)N3CCC(F)(F)CC3)nc2-c2ccc(Cl)cc2)cc1. The fourth-order valence-electron chi connectivity index (χ4n) is 3.38. The first-order chi connectivity index (χ1) is 15.0. The van der Waals surface area contributed by atoms with Crippen LogP contribution in [0.4, 0.5) is 8.78 Å². The average molecular weight is 498 g/mol. The van der Waals surface area contributed by atoms with Gasteiger partial charge in [-0.2, -0.15) is 0 Å². The van der Waals surface area contributed by atoms with Gasteiger partial charge in [0.05, 0.1) is 15.5 Å². The molecule has 0 unspecified atom stereocenters. The number of benzene rings is 2. The van der Waals surface area contributed by atoms with Gasteiger partial charge < -0.3 is 4.90 Å². The van der Waals surface area contributed by atoms with Crippen molar-refractivity contribution in [3.8, 4) is 21.7 Å². The summed E-state index contributed by atoms with van der Waals surface area (Å²) in [7, 11) is -3.85. The molecular weight excluding hydrogens is 480 g/mol. The molecule has 1 aliphatic rings. The number of rotatable bonds is 4. The Bertz CT molecular complexity index is 1250. The molecule has 0 saturated carbocycles. The predicted molar refractivity (Wildman–Crippen MR) is 119 cm³/mol. The summed E-state index contributed by atoms with van der Waals surface area (Å²) in [5.74, 6) is -3.17. The van der Waals surface area contributed by atoms with Crippen LogP contribution in [0.1, 0.15) is 22.6 Å². The van der Waals surface area contributed by atoms with E-state index in [4.69, 9.17) is 16.7 Å². The molecule has 1 fully saturated rings. The number of hydrogen-bond acceptors (Lipinski definition) is 5. The number of likely N-dealkylation sites (tertiary alicyclic amines) is 1. The second kappa shape index (κ2) is 8.51. The first kappa shape index (κ1) is 22.8. The predicted octanol–water partition coefficient (Wildman–Crippen LogP) is 4.65. The Labute approximate surface area is 192 Å². The molecule has 6 nitrogen and oxygen atoms in total. The molecule has 1 aliphatic heterocycles. The van der Waals surface area contributed by atoms with E-state index < -0.39 is 21.9 Å². The summed E-state index contributed by atoms with van der Waals surface area (Å²) in [6.07, 6.45) is -0.758. The van der Waals surface area contributed by atoms with E-state index in [1.807, 2.05) is 0 Å². The molecule has 168 valence electrons. The first-order valence-electron chi connectivity index (χ1n) is 9.61. The molecule has 2 aromatic carbocycles. The minimum atomic E-state index is -3.85. The fourth-order valence-corrected chi connectivity index (χ4v) is 5.08. The second-order valence-corrected chi connectivity index (χ2v) is 10.4. The van der Waals surface area contributed by atoms with E-state index in [1.54, 1.807) is 36.4 Å². The number of aromatic nitrogens is 1. The van der Waals surface area contributed by atoms with Gasteiger partial charge in [0, 0.05) is 36.5 Å². The number of amides is 1. The van der Waals surface area contributed by atoms with Gasteiger partial charge in [-0.05, 0) is 29.8 Å². The van der Waals surface area contributed by atoms with Crippen LogP contribution in [0.3, 0.4) is 0 Å². The molecule has 0 radical (unpaired) electrons. The molecule has 1 amide bonds. The highest BCUT2D eigenvalue weighted by Gasteiger charge is 2.36. The molecule has 1 saturated heterocycles. The summed E-state index contributed by atoms with van der Waals surface area (Å²) < 4.78 is 50.1. The Morgan fingerprint density at radius 1 is 1.03 bits per heavy atom. The van der Waals surface area contributed by atoms with Crippen molar-refractivity contribution in [3.05, 3.63) is 58.6 Å². The summed E-state index contributed by atoms with van der Waals surface area (Å²) in [5, 5.41) is 5.88. The van der Waals surface area contributed by atoms with E-state index in [0.29, 0.717) is 26.7 Å². The van der Waals surface area contributed by atoms with Gasteiger partial charge in [0.2, 0.25) is 10.0 Å². The third-order valence-electron chi connectivity index (χ3n) is 5.15. The van der Waals surface area contributed by atoms with Gasteiger partial charge in [0.25, 0.3) is 11.8 Å². The molecule has 2 heterocycles. The molecule has 11 heteroatoms. The van der Waals surface area contributed by atoms with Crippen molar-refractivity contribution in [1.82, 2.24) is 9.88 Å². The zero-order valence-corrected chi connectivity index (χ0v) is 19.0. The van der Waals surface area contributed by atoms with Crippen molar-refractivity contribution in [3.63, 3.8) is 0 Å². The number of nitrogens with zero attached hydrogens (tertiary/aromatic N) is 2. The summed E-state index contributed by atoms with van der Waals surface area (Å²) in [6, 6.07) is 12.8. The van der Waals surface area contributed by atoms with Gasteiger partial charge >= 0.3 is 0 Å². The van der Waals surface area contributed by atoms with Crippen LogP contribution in [0.5, 0.6) is 0 Å². The summed E-state index contributed by atoms with van der Waals surface area (Å²) in [6.45, 7) is -0.0832. The quantitative estimate of drug-likeness (QED) is 0.567. The molecule has 0 atom stereocenters. The molecule has 3 aromatic rings. The molecule has 0 bridgehead atoms. The van der Waals surface area contributed by atoms with Gasteiger partial charge in [0.15, 0.2) is 5.01 Å². The minimum absolute atomic E-state index is 0.0376. The number of halogens is 3. The third-order valence-corrected chi connectivity index (χ3v) is 7.43. The van der Waals surface area contributed by atoms with Crippen LogP contribution < -0.4 is 5.14 Å². The Balaban J connectivity index is 1.74. The van der Waals surface area contributed by atoms with Gasteiger partial charge in [-0.15, -0.1) is 11.3 Å². The molecule has 2 N–H and O–H groups in total. The Kier molecular flexibility index (Phi) is 6.06. The van der Waals surface area contributed by atoms with Crippen LogP contribution in [0, 0.1) is 0 Å². The zero-order chi connectivity index (χ0) is 23.1. The number of carbonyl (C=O) groups is 1. The summed E-state index contributed by atoms with van der Waals surface area (Å²) in [5.41, 5.74) is 1.87. The second-order valence-electron chi connectivity index (χ2n) is 7.42. The molecule has 1 aromatic heterocycles. The Morgan fingerprint density at radius 3 is 2.16 bits per heavy atom. The number of hydrogen-bond donors (Lipinski definition) is 1. The van der Waals surface area contributed by atoms with E-state index in [2.05, 4.69) is 4.98 Å². The Morgan fingerprint density at radius 2 is 1.59 bits per heavy atom. The summed E-state index contributed by atoms with van der Waals surface area (Å²) >= 11 is 7.11. The molecular formula is C21H18ClF2N3O3S2. The zero-order valence-electron chi connectivity index (χ0n) is 16.6. The van der Waals surface area contributed by atoms with Crippen molar-refractivity contribution < 1.29 is 22.0 Å². The Hall–Kier alpha value is -2.40. The van der Waals surface area contributed by atoms with E-state index in [0.717, 1.165) is 11.3 Å². The largest absolute Gasteiger partial charge is 0.336 e. The van der Waals surface area contributed by atoms with Crippen LogP contribution in [-0.2, 0) is 10.0 Å². The van der Waals surface area contributed by atoms with Crippen molar-refractivity contribution in [2.75, 3.05) is 13.1 Å². The lowest BCUT2D eigenvalue weighted by Crippen LogP contribution is -2.42. The first-order valence-corrected chi connectivity index (χ1v) is 12.3. The number of thiazole rings is 1. The maximum atomic E-state index is 13.5. The molecule has 0 aliphatic carbocycles. The fraction of sp³-hybridized carbons (Fsp3) is 0.238. The lowest BCUT2D eigenvalue weighted by Gasteiger charge is -2.31. The number of sulfonamides is 1. The molecule has 32 heavy (non-hydrogen) atoms. The lowest BCUT2D eigenvalue weighted by molar-refractivity contribution is -0.0494. The van der Waals surface area contributed by atoms with E-state index in [9.17, 15) is 22.0 Å². The molecule has 4 rings (SSSR count). The summed E-state index contributed by atoms with van der Waals surface area (Å²) in [4.78, 5) is 19.5. The van der Waals surface area contributed by atoms with E-state index in [-0.39, 0.29) is 35.8 Å². The molecule has 0 spiro atoms. The lowest BCUT2D eigenvalue weighted by atomic mass is 10.1. The monoisotopic (exact) mass is 497 g/mol. The third kappa shape index (κ3) is 4.83. The number of carbonyl (C=O) groups excluding carboxylic acids is 1. The van der Waals surface area contributed by atoms with Crippen molar-refractivity contribution >= 4 is 38.9 Å². The van der Waals surface area contributed by atoms with E-state index in [1.165, 1.54) is 17.0 Å². The van der Waals surface area contributed by atoms with Crippen LogP contribution in [0.15, 0.2) is 53.4 Å². The van der Waals surface area contributed by atoms with Crippen molar-refractivity contribution in [2.45, 2.75) is 23.7 Å². The minimum Gasteiger partial charge on any atom is -0.336 e. The van der Waals surface area contributed by atoms with Gasteiger partial charge in [-0.1, -0.05) is 35.9 Å². The highest BCUT2D eigenvalue weighted by atomic mass is 35.5. The van der Waals surface area contributed by atoms with Crippen LogP contribution >= 0.6 is 22.9 Å². The van der Waals surface area contributed by atoms with Crippen molar-refractivity contribution in [1.29, 1.82) is 0 Å². The maximum absolute atomic E-state index is 13.5. The topological polar surface area (TPSA) is 93.4 Å². The smallest absolute Gasteiger partial charge is 0.282 e. The highest BCUT2D eigenvalue weighted by molar-refractivity contribution is 7.89. The van der Waals surface area contributed by atoms with E-state index >= 15 is 0 Å². The van der Waals surface area contributed by atoms with Gasteiger partial charge in [-0.25, -0.2) is 27.3 Å². The average Bonchev–Trinajstić information content (AvgIpc) is 3.19. The maximum Gasteiger partial charge on any atom is 0.282 e. The number of primary sulfonamides is 1. The van der Waals surface area contributed by atoms with Crippen LogP contribution in [-0.4, -0.2) is 43.2 Å². The van der Waals surface area contributed by atoms with Crippen LogP contribution in [0.2, 0.25) is 5.02 Å². The van der Waals surface area contributed by atoms with Crippen molar-refractivity contribution in [2.24, 2.45) is 5.14 Å². The van der Waals surface area contributed by atoms with Crippen LogP contribution in [0.25, 0.3) is 21.7 Å². The number of nitrogens with two attached hydrogens (primary N) is 1.